The highest BCUT2D eigenvalue weighted by Gasteiger charge is 2.41. The predicted octanol–water partition coefficient (Wildman–Crippen LogP) is 3.64. The Kier molecular flexibility index (Phi) is 6.82. The van der Waals surface area contributed by atoms with Crippen molar-refractivity contribution in [3.63, 3.8) is 0 Å². The Morgan fingerprint density at radius 3 is 2.62 bits per heavy atom. The fourth-order valence-electron chi connectivity index (χ4n) is 5.66. The number of rotatable bonds is 5. The zero-order chi connectivity index (χ0) is 23.8. The van der Waals surface area contributed by atoms with Crippen molar-refractivity contribution in [3.8, 4) is 5.75 Å². The Balaban J connectivity index is 1.39. The fourth-order valence-corrected chi connectivity index (χ4v) is 6.74. The van der Waals surface area contributed by atoms with E-state index in [1.165, 1.54) is 36.5 Å². The Hall–Kier alpha value is -2.16. The lowest BCUT2D eigenvalue weighted by atomic mass is 9.98. The van der Waals surface area contributed by atoms with Crippen molar-refractivity contribution >= 4 is 17.5 Å². The molecule has 0 unspecified atom stereocenters. The summed E-state index contributed by atoms with van der Waals surface area (Å²) in [5, 5.41) is 10.8. The van der Waals surface area contributed by atoms with Crippen LogP contribution in [0.5, 0.6) is 5.75 Å². The summed E-state index contributed by atoms with van der Waals surface area (Å²) >= 11 is 2.02. The number of benzene rings is 1. The highest BCUT2D eigenvalue weighted by atomic mass is 32.2. The summed E-state index contributed by atoms with van der Waals surface area (Å²) in [6.07, 6.45) is 5.88. The maximum atomic E-state index is 13.2. The third-order valence-electron chi connectivity index (χ3n) is 7.71. The van der Waals surface area contributed by atoms with Crippen molar-refractivity contribution in [2.45, 2.75) is 70.4 Å². The molecule has 182 valence electrons. The van der Waals surface area contributed by atoms with Crippen LogP contribution in [0.1, 0.15) is 54.2 Å². The topological polar surface area (TPSA) is 65.8 Å². The number of pyridine rings is 1. The van der Waals surface area contributed by atoms with E-state index in [1.54, 1.807) is 18.3 Å². The number of hydrogen-bond acceptors (Lipinski definition) is 6. The quantitative estimate of drug-likeness (QED) is 0.653. The molecule has 0 amide bonds. The molecule has 1 aromatic heterocycles. The van der Waals surface area contributed by atoms with E-state index in [2.05, 4.69) is 16.7 Å². The van der Waals surface area contributed by atoms with Crippen LogP contribution in [0.4, 0.5) is 4.39 Å². The van der Waals surface area contributed by atoms with Gasteiger partial charge in [0.15, 0.2) is 11.5 Å². The number of aromatic hydroxyl groups is 1. The smallest absolute Gasteiger partial charge is 0.234 e. The number of carbonyl (C=O) groups excluding carboxylic acids is 1. The maximum Gasteiger partial charge on any atom is 0.234 e. The highest BCUT2D eigenvalue weighted by Crippen LogP contribution is 2.34. The minimum absolute atomic E-state index is 0.0429. The first-order chi connectivity index (χ1) is 16.4. The van der Waals surface area contributed by atoms with Crippen molar-refractivity contribution in [1.82, 2.24) is 14.4 Å². The molecule has 2 saturated heterocycles. The summed E-state index contributed by atoms with van der Waals surface area (Å²) in [5.41, 5.74) is 0.898. The van der Waals surface area contributed by atoms with Crippen LogP contribution in [-0.2, 0) is 19.5 Å². The molecular formula is C26H32FN3O3S. The number of ketones is 1. The molecule has 0 saturated carbocycles. The molecule has 0 bridgehead atoms. The number of carbonyl (C=O) groups is 1. The highest BCUT2D eigenvalue weighted by molar-refractivity contribution is 7.99. The van der Waals surface area contributed by atoms with Gasteiger partial charge in [0.25, 0.3) is 0 Å². The summed E-state index contributed by atoms with van der Waals surface area (Å²) in [7, 11) is 0. The average Bonchev–Trinajstić information content (AvgIpc) is 2.86. The standard InChI is InChI=1S/C26H32FN3O3S/c1-17-8-11-29(20-9-12-34-13-10-20)24-16-28-14-21(25(32)26(33)22(28)15-30(17)24)23(31)7-4-18-2-5-19(27)6-3-18/h2-3,5-6,14,17,20,24,33H,4,7-13,15-16H2,1H3/t17-,24-/m0/s1. The summed E-state index contributed by atoms with van der Waals surface area (Å²) in [6.45, 7) is 4.42. The normalized spacial score (nSPS) is 23.9. The van der Waals surface area contributed by atoms with E-state index in [-0.39, 0.29) is 35.5 Å². The van der Waals surface area contributed by atoms with E-state index >= 15 is 0 Å². The van der Waals surface area contributed by atoms with Gasteiger partial charge in [-0.2, -0.15) is 11.8 Å². The Labute approximate surface area is 203 Å². The van der Waals surface area contributed by atoms with Crippen molar-refractivity contribution < 1.29 is 14.3 Å². The molecule has 0 spiro atoms. The number of aryl methyl sites for hydroxylation is 1. The molecule has 4 heterocycles. The SMILES string of the molecule is C[C@H]1CCN(C2CCSCC2)[C@@H]2Cn3cc(C(=O)CCc4ccc(F)cc4)c(=O)c(O)c3CN12. The van der Waals surface area contributed by atoms with Crippen LogP contribution in [0.15, 0.2) is 35.3 Å². The molecule has 1 N–H and O–H groups in total. The number of Topliss-reactive ketones (excluding diaryl/α,β-unsaturated/α-hetero) is 1. The van der Waals surface area contributed by atoms with Gasteiger partial charge in [-0.3, -0.25) is 19.4 Å². The van der Waals surface area contributed by atoms with Gasteiger partial charge in [-0.25, -0.2) is 4.39 Å². The number of hydrogen-bond donors (Lipinski definition) is 1. The minimum Gasteiger partial charge on any atom is -0.503 e. The number of halogens is 1. The summed E-state index contributed by atoms with van der Waals surface area (Å²) < 4.78 is 15.1. The lowest BCUT2D eigenvalue weighted by Gasteiger charge is -2.53. The van der Waals surface area contributed by atoms with Crippen molar-refractivity contribution in [3.05, 3.63) is 63.3 Å². The Morgan fingerprint density at radius 1 is 1.15 bits per heavy atom. The van der Waals surface area contributed by atoms with E-state index < -0.39 is 5.43 Å². The van der Waals surface area contributed by atoms with Gasteiger partial charge in [0.05, 0.1) is 24.0 Å². The average molecular weight is 486 g/mol. The van der Waals surface area contributed by atoms with Crippen LogP contribution in [0.2, 0.25) is 0 Å². The first-order valence-corrected chi connectivity index (χ1v) is 13.4. The molecule has 8 heteroatoms. The van der Waals surface area contributed by atoms with Crippen molar-refractivity contribution in [1.29, 1.82) is 0 Å². The molecule has 2 atom stereocenters. The summed E-state index contributed by atoms with van der Waals surface area (Å²) in [4.78, 5) is 30.9. The van der Waals surface area contributed by atoms with Gasteiger partial charge in [-0.15, -0.1) is 0 Å². The third kappa shape index (κ3) is 4.55. The predicted molar refractivity (Wildman–Crippen MR) is 132 cm³/mol. The summed E-state index contributed by atoms with van der Waals surface area (Å²) in [6, 6.07) is 6.97. The Bertz CT molecular complexity index is 1110. The van der Waals surface area contributed by atoms with Gasteiger partial charge in [0.2, 0.25) is 5.43 Å². The third-order valence-corrected chi connectivity index (χ3v) is 8.76. The molecule has 5 rings (SSSR count). The summed E-state index contributed by atoms with van der Waals surface area (Å²) in [5.74, 6) is 1.48. The van der Waals surface area contributed by atoms with E-state index in [4.69, 9.17) is 0 Å². The first-order valence-electron chi connectivity index (χ1n) is 12.2. The lowest BCUT2D eigenvalue weighted by molar-refractivity contribution is -0.0791. The zero-order valence-corrected chi connectivity index (χ0v) is 20.4. The van der Waals surface area contributed by atoms with Crippen molar-refractivity contribution in [2.75, 3.05) is 18.1 Å². The van der Waals surface area contributed by atoms with Crippen molar-refractivity contribution in [2.24, 2.45) is 0 Å². The molecule has 34 heavy (non-hydrogen) atoms. The molecule has 0 aliphatic carbocycles. The minimum atomic E-state index is -0.584. The number of fused-ring (bicyclic) bond motifs is 2. The van der Waals surface area contributed by atoms with Gasteiger partial charge in [0.1, 0.15) is 5.82 Å². The Morgan fingerprint density at radius 2 is 1.88 bits per heavy atom. The fraction of sp³-hybridized carbons (Fsp3) is 0.538. The van der Waals surface area contributed by atoms with Gasteiger partial charge >= 0.3 is 0 Å². The van der Waals surface area contributed by atoms with E-state index in [0.717, 1.165) is 18.5 Å². The second-order valence-electron chi connectivity index (χ2n) is 9.74. The van der Waals surface area contributed by atoms with Crippen LogP contribution in [0, 0.1) is 5.82 Å². The maximum absolute atomic E-state index is 13.2. The molecular weight excluding hydrogens is 453 g/mol. The molecule has 3 aliphatic rings. The molecule has 1 aromatic carbocycles. The molecule has 0 radical (unpaired) electrons. The van der Waals surface area contributed by atoms with Crippen LogP contribution >= 0.6 is 11.8 Å². The van der Waals surface area contributed by atoms with E-state index in [1.807, 2.05) is 16.3 Å². The number of aromatic nitrogens is 1. The van der Waals surface area contributed by atoms with Gasteiger partial charge < -0.3 is 9.67 Å². The lowest BCUT2D eigenvalue weighted by Crippen LogP contribution is -2.63. The second-order valence-corrected chi connectivity index (χ2v) is 11.0. The largest absolute Gasteiger partial charge is 0.503 e. The monoisotopic (exact) mass is 485 g/mol. The van der Waals surface area contributed by atoms with Gasteiger partial charge in [0, 0.05) is 37.8 Å². The van der Waals surface area contributed by atoms with Crippen LogP contribution in [-0.4, -0.2) is 61.6 Å². The second kappa shape index (κ2) is 9.84. The van der Waals surface area contributed by atoms with Crippen LogP contribution in [0.25, 0.3) is 0 Å². The molecule has 6 nitrogen and oxygen atoms in total. The van der Waals surface area contributed by atoms with E-state index in [0.29, 0.717) is 37.3 Å². The van der Waals surface area contributed by atoms with Crippen LogP contribution in [0.3, 0.4) is 0 Å². The number of thioether (sulfide) groups is 1. The number of nitrogens with zero attached hydrogens (tertiary/aromatic N) is 3. The first kappa shape index (κ1) is 23.6. The molecule has 2 aromatic rings. The van der Waals surface area contributed by atoms with Gasteiger partial charge in [-0.1, -0.05) is 12.1 Å². The van der Waals surface area contributed by atoms with Crippen LogP contribution < -0.4 is 5.43 Å². The molecule has 3 aliphatic heterocycles. The van der Waals surface area contributed by atoms with E-state index in [9.17, 15) is 19.1 Å². The zero-order valence-electron chi connectivity index (χ0n) is 19.6. The van der Waals surface area contributed by atoms with Gasteiger partial charge in [-0.05, 0) is 61.8 Å². The molecule has 2 fully saturated rings.